The van der Waals surface area contributed by atoms with E-state index >= 15 is 0 Å². The molecule has 0 radical (unpaired) electrons. The third-order valence-corrected chi connectivity index (χ3v) is 3.69. The number of benzene rings is 1. The zero-order valence-electron chi connectivity index (χ0n) is 10.3. The van der Waals surface area contributed by atoms with Crippen LogP contribution in [-0.2, 0) is 6.54 Å². The summed E-state index contributed by atoms with van der Waals surface area (Å²) in [6.45, 7) is 4.38. The summed E-state index contributed by atoms with van der Waals surface area (Å²) in [6, 6.07) is 6.32. The number of anilines is 1. The Balaban J connectivity index is 2.26. The molecule has 1 unspecified atom stereocenters. The second kappa shape index (κ2) is 4.96. The van der Waals surface area contributed by atoms with Crippen molar-refractivity contribution in [3.05, 3.63) is 28.2 Å². The molecule has 0 saturated carbocycles. The van der Waals surface area contributed by atoms with Gasteiger partial charge in [0.25, 0.3) is 0 Å². The average Bonchev–Trinajstić information content (AvgIpc) is 2.59. The standard InChI is InChI=1S/C13H19BrN2O/c1-13(17)5-6-16(9-13)12-4-3-11(14)7-10(12)8-15-2/h3-4,7,15,17H,5-6,8-9H2,1-2H3. The van der Waals surface area contributed by atoms with E-state index in [1.807, 2.05) is 14.0 Å². The largest absolute Gasteiger partial charge is 0.388 e. The van der Waals surface area contributed by atoms with Crippen LogP contribution in [0.15, 0.2) is 22.7 Å². The lowest BCUT2D eigenvalue weighted by Crippen LogP contribution is -2.30. The van der Waals surface area contributed by atoms with E-state index < -0.39 is 5.60 Å². The number of rotatable bonds is 3. The third kappa shape index (κ3) is 3.00. The van der Waals surface area contributed by atoms with Gasteiger partial charge in [-0.3, -0.25) is 0 Å². The zero-order valence-corrected chi connectivity index (χ0v) is 11.9. The van der Waals surface area contributed by atoms with Crippen molar-refractivity contribution in [3.8, 4) is 0 Å². The first-order valence-electron chi connectivity index (χ1n) is 5.92. The van der Waals surface area contributed by atoms with Gasteiger partial charge in [-0.1, -0.05) is 15.9 Å². The molecule has 2 N–H and O–H groups in total. The first-order valence-corrected chi connectivity index (χ1v) is 6.71. The van der Waals surface area contributed by atoms with Crippen molar-refractivity contribution in [2.45, 2.75) is 25.5 Å². The first-order chi connectivity index (χ1) is 8.02. The Hall–Kier alpha value is -0.580. The fourth-order valence-electron chi connectivity index (χ4n) is 2.35. The molecule has 0 spiro atoms. The van der Waals surface area contributed by atoms with Gasteiger partial charge in [0.2, 0.25) is 0 Å². The third-order valence-electron chi connectivity index (χ3n) is 3.20. The summed E-state index contributed by atoms with van der Waals surface area (Å²) in [5, 5.41) is 13.2. The molecule has 3 nitrogen and oxygen atoms in total. The molecule has 1 aromatic carbocycles. The Bertz CT molecular complexity index is 406. The van der Waals surface area contributed by atoms with E-state index in [4.69, 9.17) is 0 Å². The zero-order chi connectivity index (χ0) is 12.5. The predicted molar refractivity (Wildman–Crippen MR) is 74.4 cm³/mol. The van der Waals surface area contributed by atoms with Crippen LogP contribution in [0.3, 0.4) is 0 Å². The molecular formula is C13H19BrN2O. The Morgan fingerprint density at radius 3 is 2.88 bits per heavy atom. The Morgan fingerprint density at radius 2 is 2.29 bits per heavy atom. The smallest absolute Gasteiger partial charge is 0.0810 e. The van der Waals surface area contributed by atoms with Crippen LogP contribution in [0.25, 0.3) is 0 Å². The monoisotopic (exact) mass is 298 g/mol. The van der Waals surface area contributed by atoms with Gasteiger partial charge in [0.1, 0.15) is 0 Å². The number of hydrogen-bond acceptors (Lipinski definition) is 3. The number of nitrogens with one attached hydrogen (secondary N) is 1. The first kappa shape index (κ1) is 12.9. The van der Waals surface area contributed by atoms with Crippen LogP contribution < -0.4 is 10.2 Å². The van der Waals surface area contributed by atoms with Crippen molar-refractivity contribution in [3.63, 3.8) is 0 Å². The molecule has 0 aliphatic carbocycles. The molecule has 1 aliphatic heterocycles. The lowest BCUT2D eigenvalue weighted by molar-refractivity contribution is 0.0839. The van der Waals surface area contributed by atoms with Crippen molar-refractivity contribution in [1.29, 1.82) is 0 Å². The molecule has 1 aliphatic rings. The lowest BCUT2D eigenvalue weighted by atomic mass is 10.1. The molecular weight excluding hydrogens is 280 g/mol. The summed E-state index contributed by atoms with van der Waals surface area (Å²) in [7, 11) is 1.95. The number of aliphatic hydroxyl groups is 1. The van der Waals surface area contributed by atoms with Crippen LogP contribution in [0.2, 0.25) is 0 Å². The van der Waals surface area contributed by atoms with Crippen molar-refractivity contribution in [2.24, 2.45) is 0 Å². The second-order valence-electron chi connectivity index (χ2n) is 4.97. The minimum Gasteiger partial charge on any atom is -0.388 e. The van der Waals surface area contributed by atoms with E-state index in [0.717, 1.165) is 24.0 Å². The van der Waals surface area contributed by atoms with E-state index in [9.17, 15) is 5.11 Å². The minimum atomic E-state index is -0.552. The molecule has 0 bridgehead atoms. The highest BCUT2D eigenvalue weighted by Gasteiger charge is 2.32. The molecule has 1 fully saturated rings. The van der Waals surface area contributed by atoms with Crippen LogP contribution in [0, 0.1) is 0 Å². The van der Waals surface area contributed by atoms with Crippen LogP contribution in [-0.4, -0.2) is 30.8 Å². The molecule has 1 aromatic rings. The minimum absolute atomic E-state index is 0.552. The highest BCUT2D eigenvalue weighted by molar-refractivity contribution is 9.10. The molecule has 4 heteroatoms. The fraction of sp³-hybridized carbons (Fsp3) is 0.538. The van der Waals surface area contributed by atoms with Gasteiger partial charge in [-0.25, -0.2) is 0 Å². The van der Waals surface area contributed by atoms with E-state index in [0.29, 0.717) is 6.54 Å². The number of nitrogens with zero attached hydrogens (tertiary/aromatic N) is 1. The van der Waals surface area contributed by atoms with Gasteiger partial charge in [0.15, 0.2) is 0 Å². The van der Waals surface area contributed by atoms with Gasteiger partial charge in [0.05, 0.1) is 5.60 Å². The van der Waals surface area contributed by atoms with Gasteiger partial charge in [0, 0.05) is 29.8 Å². The molecule has 17 heavy (non-hydrogen) atoms. The summed E-state index contributed by atoms with van der Waals surface area (Å²) in [5.74, 6) is 0. The maximum absolute atomic E-state index is 10.0. The van der Waals surface area contributed by atoms with Crippen molar-refractivity contribution in [1.82, 2.24) is 5.32 Å². The lowest BCUT2D eigenvalue weighted by Gasteiger charge is -2.23. The summed E-state index contributed by atoms with van der Waals surface area (Å²) in [5.41, 5.74) is 1.93. The van der Waals surface area contributed by atoms with Crippen LogP contribution >= 0.6 is 15.9 Å². The van der Waals surface area contributed by atoms with Crippen LogP contribution in [0.5, 0.6) is 0 Å². The Kier molecular flexibility index (Phi) is 3.76. The summed E-state index contributed by atoms with van der Waals surface area (Å²) < 4.78 is 1.09. The molecule has 1 saturated heterocycles. The molecule has 1 heterocycles. The predicted octanol–water partition coefficient (Wildman–Crippen LogP) is 2.13. The van der Waals surface area contributed by atoms with Gasteiger partial charge in [-0.2, -0.15) is 0 Å². The number of halogens is 1. The van der Waals surface area contributed by atoms with E-state index in [1.54, 1.807) is 0 Å². The van der Waals surface area contributed by atoms with Gasteiger partial charge < -0.3 is 15.3 Å². The second-order valence-corrected chi connectivity index (χ2v) is 5.89. The Labute approximate surface area is 111 Å². The van der Waals surface area contributed by atoms with Crippen molar-refractivity contribution in [2.75, 3.05) is 25.0 Å². The Morgan fingerprint density at radius 1 is 1.53 bits per heavy atom. The van der Waals surface area contributed by atoms with Crippen LogP contribution in [0.1, 0.15) is 18.9 Å². The summed E-state index contributed by atoms with van der Waals surface area (Å²) in [6.07, 6.45) is 0.835. The maximum Gasteiger partial charge on any atom is 0.0810 e. The molecule has 0 amide bonds. The molecule has 0 aromatic heterocycles. The normalized spacial score (nSPS) is 24.4. The topological polar surface area (TPSA) is 35.5 Å². The molecule has 2 rings (SSSR count). The SMILES string of the molecule is CNCc1cc(Br)ccc1N1CCC(C)(O)C1. The van der Waals surface area contributed by atoms with E-state index in [2.05, 4.69) is 44.3 Å². The number of hydrogen-bond donors (Lipinski definition) is 2. The van der Waals surface area contributed by atoms with E-state index in [-0.39, 0.29) is 0 Å². The van der Waals surface area contributed by atoms with Gasteiger partial charge >= 0.3 is 0 Å². The average molecular weight is 299 g/mol. The molecule has 94 valence electrons. The van der Waals surface area contributed by atoms with E-state index in [1.165, 1.54) is 11.3 Å². The van der Waals surface area contributed by atoms with Crippen LogP contribution in [0.4, 0.5) is 5.69 Å². The summed E-state index contributed by atoms with van der Waals surface area (Å²) >= 11 is 3.50. The highest BCUT2D eigenvalue weighted by atomic mass is 79.9. The van der Waals surface area contributed by atoms with Crippen molar-refractivity contribution >= 4 is 21.6 Å². The fourth-order valence-corrected chi connectivity index (χ4v) is 2.75. The molecule has 1 atom stereocenters. The summed E-state index contributed by atoms with van der Waals surface area (Å²) in [4.78, 5) is 2.26. The maximum atomic E-state index is 10.0. The van der Waals surface area contributed by atoms with Gasteiger partial charge in [-0.15, -0.1) is 0 Å². The quantitative estimate of drug-likeness (QED) is 0.897. The number of β-amino-alcohol motifs (C(OH)–C–C–N with tert-alkyl or cyclic N) is 1. The highest BCUT2D eigenvalue weighted by Crippen LogP contribution is 2.30. The van der Waals surface area contributed by atoms with Crippen molar-refractivity contribution < 1.29 is 5.11 Å². The van der Waals surface area contributed by atoms with Gasteiger partial charge in [-0.05, 0) is 44.2 Å².